The predicted molar refractivity (Wildman–Crippen MR) is 113 cm³/mol. The van der Waals surface area contributed by atoms with Crippen LogP contribution in [0.2, 0.25) is 0 Å². The molecular formula is C23H29N3O2. The van der Waals surface area contributed by atoms with Crippen molar-refractivity contribution in [3.63, 3.8) is 0 Å². The van der Waals surface area contributed by atoms with Crippen molar-refractivity contribution >= 4 is 17.3 Å². The number of nitrogens with zero attached hydrogens (tertiary/aromatic N) is 2. The number of nitrogens with one attached hydrogen (secondary N) is 1. The lowest BCUT2D eigenvalue weighted by atomic mass is 9.96. The van der Waals surface area contributed by atoms with E-state index in [1.807, 2.05) is 12.1 Å². The number of piperazine rings is 1. The minimum Gasteiger partial charge on any atom is -0.388 e. The first-order valence-corrected chi connectivity index (χ1v) is 10.3. The summed E-state index contributed by atoms with van der Waals surface area (Å²) in [7, 11) is 0. The summed E-state index contributed by atoms with van der Waals surface area (Å²) in [6, 6.07) is 16.5. The fraction of sp³-hybridized carbons (Fsp3) is 0.435. The van der Waals surface area contributed by atoms with Crippen molar-refractivity contribution in [3.05, 3.63) is 59.7 Å². The van der Waals surface area contributed by atoms with E-state index in [9.17, 15) is 9.90 Å². The van der Waals surface area contributed by atoms with E-state index >= 15 is 0 Å². The van der Waals surface area contributed by atoms with Gasteiger partial charge >= 0.3 is 0 Å². The number of amides is 1. The average molecular weight is 380 g/mol. The Morgan fingerprint density at radius 2 is 1.79 bits per heavy atom. The van der Waals surface area contributed by atoms with Gasteiger partial charge in [0.15, 0.2) is 0 Å². The molecule has 1 amide bonds. The van der Waals surface area contributed by atoms with Gasteiger partial charge in [-0.15, -0.1) is 0 Å². The van der Waals surface area contributed by atoms with Gasteiger partial charge in [-0.05, 0) is 55.1 Å². The number of anilines is 2. The fourth-order valence-corrected chi connectivity index (χ4v) is 4.15. The lowest BCUT2D eigenvalue weighted by Crippen LogP contribution is -2.46. The summed E-state index contributed by atoms with van der Waals surface area (Å²) in [4.78, 5) is 16.4. The maximum absolute atomic E-state index is 11.5. The largest absolute Gasteiger partial charge is 0.388 e. The van der Waals surface area contributed by atoms with E-state index in [4.69, 9.17) is 0 Å². The molecule has 0 radical (unpaired) electrons. The van der Waals surface area contributed by atoms with Crippen molar-refractivity contribution in [2.75, 3.05) is 42.9 Å². The first kappa shape index (κ1) is 19.0. The molecule has 1 saturated heterocycles. The molecular weight excluding hydrogens is 350 g/mol. The molecule has 0 bridgehead atoms. The van der Waals surface area contributed by atoms with Crippen LogP contribution >= 0.6 is 0 Å². The molecule has 1 unspecified atom stereocenters. The smallest absolute Gasteiger partial charge is 0.224 e. The van der Waals surface area contributed by atoms with Gasteiger partial charge in [-0.3, -0.25) is 9.69 Å². The van der Waals surface area contributed by atoms with E-state index in [1.54, 1.807) is 0 Å². The van der Waals surface area contributed by atoms with Crippen molar-refractivity contribution in [3.8, 4) is 0 Å². The number of fused-ring (bicyclic) bond motifs is 1. The van der Waals surface area contributed by atoms with Gasteiger partial charge in [0.2, 0.25) is 5.91 Å². The van der Waals surface area contributed by atoms with Crippen LogP contribution in [0, 0.1) is 0 Å². The molecule has 1 atom stereocenters. The zero-order valence-corrected chi connectivity index (χ0v) is 16.3. The zero-order valence-electron chi connectivity index (χ0n) is 16.3. The highest BCUT2D eigenvalue weighted by Gasteiger charge is 2.19. The molecule has 0 spiro atoms. The van der Waals surface area contributed by atoms with Crippen LogP contribution in [0.4, 0.5) is 11.4 Å². The first-order chi connectivity index (χ1) is 13.7. The summed E-state index contributed by atoms with van der Waals surface area (Å²) in [5.74, 6) is 0.0770. The molecule has 148 valence electrons. The summed E-state index contributed by atoms with van der Waals surface area (Å²) in [5.41, 5.74) is 4.29. The summed E-state index contributed by atoms with van der Waals surface area (Å²) >= 11 is 0. The van der Waals surface area contributed by atoms with Crippen LogP contribution in [-0.4, -0.2) is 48.6 Å². The van der Waals surface area contributed by atoms with Gasteiger partial charge in [0.05, 0.1) is 6.10 Å². The second-order valence-corrected chi connectivity index (χ2v) is 7.79. The van der Waals surface area contributed by atoms with Crippen LogP contribution in [0.3, 0.4) is 0 Å². The minimum atomic E-state index is -0.437. The van der Waals surface area contributed by atoms with Crippen LogP contribution in [-0.2, 0) is 11.2 Å². The molecule has 1 fully saturated rings. The van der Waals surface area contributed by atoms with E-state index in [1.165, 1.54) is 5.69 Å². The maximum Gasteiger partial charge on any atom is 0.224 e. The lowest BCUT2D eigenvalue weighted by molar-refractivity contribution is -0.116. The summed E-state index contributed by atoms with van der Waals surface area (Å²) < 4.78 is 0. The predicted octanol–water partition coefficient (Wildman–Crippen LogP) is 3.21. The Hall–Kier alpha value is -2.37. The molecule has 4 rings (SSSR count). The van der Waals surface area contributed by atoms with E-state index in [-0.39, 0.29) is 5.91 Å². The number of aliphatic hydroxyl groups is 1. The quantitative estimate of drug-likeness (QED) is 0.809. The van der Waals surface area contributed by atoms with Crippen molar-refractivity contribution < 1.29 is 9.90 Å². The van der Waals surface area contributed by atoms with Crippen molar-refractivity contribution in [1.29, 1.82) is 0 Å². The van der Waals surface area contributed by atoms with Gasteiger partial charge in [-0.1, -0.05) is 30.3 Å². The molecule has 2 aliphatic rings. The summed E-state index contributed by atoms with van der Waals surface area (Å²) in [6.07, 6.45) is 2.60. The van der Waals surface area contributed by atoms with Crippen molar-refractivity contribution in [2.24, 2.45) is 0 Å². The lowest BCUT2D eigenvalue weighted by Gasteiger charge is -2.36. The van der Waals surface area contributed by atoms with E-state index < -0.39 is 6.10 Å². The number of aryl methyl sites for hydroxylation is 1. The second-order valence-electron chi connectivity index (χ2n) is 7.79. The third-order valence-electron chi connectivity index (χ3n) is 5.86. The third-order valence-corrected chi connectivity index (χ3v) is 5.86. The Morgan fingerprint density at radius 3 is 2.57 bits per heavy atom. The monoisotopic (exact) mass is 379 g/mol. The van der Waals surface area contributed by atoms with E-state index in [0.717, 1.165) is 68.8 Å². The van der Waals surface area contributed by atoms with E-state index in [0.29, 0.717) is 6.42 Å². The van der Waals surface area contributed by atoms with Gasteiger partial charge in [0, 0.05) is 44.0 Å². The molecule has 2 aliphatic heterocycles. The molecule has 28 heavy (non-hydrogen) atoms. The van der Waals surface area contributed by atoms with Crippen LogP contribution in [0.5, 0.6) is 0 Å². The Balaban J connectivity index is 1.22. The second kappa shape index (κ2) is 8.76. The standard InChI is InChI=1S/C23H29N3O2/c27-22(19-8-10-21-18(17-19)9-11-23(28)24-21)7-4-12-25-13-15-26(16-14-25)20-5-2-1-3-6-20/h1-3,5-6,8,10,17,22,27H,4,7,9,11-16H2,(H,24,28). The highest BCUT2D eigenvalue weighted by Crippen LogP contribution is 2.28. The molecule has 5 heteroatoms. The van der Waals surface area contributed by atoms with Gasteiger partial charge in [-0.25, -0.2) is 0 Å². The SMILES string of the molecule is O=C1CCc2cc(C(O)CCCN3CCN(c4ccccc4)CC3)ccc2N1. The molecule has 2 heterocycles. The number of hydrogen-bond donors (Lipinski definition) is 2. The Morgan fingerprint density at radius 1 is 1.00 bits per heavy atom. The molecule has 2 aromatic rings. The van der Waals surface area contributed by atoms with Crippen molar-refractivity contribution in [1.82, 2.24) is 4.90 Å². The number of aliphatic hydroxyl groups excluding tert-OH is 1. The third kappa shape index (κ3) is 4.54. The molecule has 0 saturated carbocycles. The number of para-hydroxylation sites is 1. The topological polar surface area (TPSA) is 55.8 Å². The molecule has 2 aromatic carbocycles. The molecule has 0 aromatic heterocycles. The Kier molecular flexibility index (Phi) is 5.93. The van der Waals surface area contributed by atoms with Gasteiger partial charge in [-0.2, -0.15) is 0 Å². The summed E-state index contributed by atoms with van der Waals surface area (Å²) in [6.45, 7) is 5.29. The Labute approximate surface area is 167 Å². The van der Waals surface area contributed by atoms with Crippen LogP contribution < -0.4 is 10.2 Å². The van der Waals surface area contributed by atoms with Crippen molar-refractivity contribution in [2.45, 2.75) is 31.8 Å². The summed E-state index contributed by atoms with van der Waals surface area (Å²) in [5, 5.41) is 13.5. The molecule has 0 aliphatic carbocycles. The van der Waals surface area contributed by atoms with Crippen LogP contribution in [0.15, 0.2) is 48.5 Å². The highest BCUT2D eigenvalue weighted by molar-refractivity contribution is 5.93. The average Bonchev–Trinajstić information content (AvgIpc) is 2.74. The number of benzene rings is 2. The van der Waals surface area contributed by atoms with Crippen LogP contribution in [0.1, 0.15) is 36.5 Å². The van der Waals surface area contributed by atoms with Gasteiger partial charge in [0.25, 0.3) is 0 Å². The van der Waals surface area contributed by atoms with Crippen LogP contribution in [0.25, 0.3) is 0 Å². The van der Waals surface area contributed by atoms with Gasteiger partial charge < -0.3 is 15.3 Å². The molecule has 5 nitrogen and oxygen atoms in total. The first-order valence-electron chi connectivity index (χ1n) is 10.3. The molecule has 2 N–H and O–H groups in total. The van der Waals surface area contributed by atoms with Gasteiger partial charge in [0.1, 0.15) is 0 Å². The fourth-order valence-electron chi connectivity index (χ4n) is 4.15. The maximum atomic E-state index is 11.5. The zero-order chi connectivity index (χ0) is 19.3. The Bertz CT molecular complexity index is 801. The normalized spacial score (nSPS) is 18.5. The number of carbonyl (C=O) groups excluding carboxylic acids is 1. The number of rotatable bonds is 6. The highest BCUT2D eigenvalue weighted by atomic mass is 16.3. The number of carbonyl (C=O) groups is 1. The van der Waals surface area contributed by atoms with E-state index in [2.05, 4.69) is 51.5 Å². The minimum absolute atomic E-state index is 0.0770. The number of hydrogen-bond acceptors (Lipinski definition) is 4.